The molecule has 0 radical (unpaired) electrons. The Bertz CT molecular complexity index is 310. The molecule has 0 amide bonds. The molecule has 0 fully saturated rings. The second kappa shape index (κ2) is 5.60. The second-order valence-corrected chi connectivity index (χ2v) is 3.66. The van der Waals surface area contributed by atoms with Crippen LogP contribution in [-0.2, 0) is 0 Å². The summed E-state index contributed by atoms with van der Waals surface area (Å²) in [6.45, 7) is 5.09. The molecule has 0 bridgehead atoms. The average molecular weight is 208 g/mol. The molecule has 0 saturated carbocycles. The molecule has 1 aromatic rings. The summed E-state index contributed by atoms with van der Waals surface area (Å²) in [6.07, 6.45) is 1.08. The molecule has 0 aliphatic heterocycles. The van der Waals surface area contributed by atoms with Gasteiger partial charge in [0.25, 0.3) is 0 Å². The van der Waals surface area contributed by atoms with Crippen LogP contribution in [0.3, 0.4) is 0 Å². The highest BCUT2D eigenvalue weighted by Gasteiger charge is 1.95. The molecule has 0 aromatic heterocycles. The maximum Gasteiger partial charge on any atom is 0.170 e. The van der Waals surface area contributed by atoms with E-state index in [2.05, 4.69) is 36.6 Å². The third-order valence-corrected chi connectivity index (χ3v) is 2.06. The van der Waals surface area contributed by atoms with E-state index in [0.717, 1.165) is 18.7 Å². The normalized spacial score (nSPS) is 9.57. The number of anilines is 1. The molecule has 76 valence electrons. The lowest BCUT2D eigenvalue weighted by molar-refractivity contribution is 0.846. The predicted octanol–water partition coefficient (Wildman–Crippen LogP) is 2.69. The molecular weight excluding hydrogens is 192 g/mol. The van der Waals surface area contributed by atoms with Crippen LogP contribution < -0.4 is 10.6 Å². The van der Waals surface area contributed by atoms with Gasteiger partial charge < -0.3 is 10.6 Å². The van der Waals surface area contributed by atoms with Gasteiger partial charge in [0.05, 0.1) is 0 Å². The Morgan fingerprint density at radius 2 is 2.21 bits per heavy atom. The Morgan fingerprint density at radius 1 is 1.43 bits per heavy atom. The van der Waals surface area contributed by atoms with E-state index in [1.165, 1.54) is 5.56 Å². The van der Waals surface area contributed by atoms with Gasteiger partial charge in [-0.2, -0.15) is 0 Å². The van der Waals surface area contributed by atoms with Gasteiger partial charge in [0.1, 0.15) is 0 Å². The zero-order chi connectivity index (χ0) is 10.4. The van der Waals surface area contributed by atoms with Crippen molar-refractivity contribution < 1.29 is 0 Å². The van der Waals surface area contributed by atoms with Crippen molar-refractivity contribution >= 4 is 23.0 Å². The van der Waals surface area contributed by atoms with Crippen molar-refractivity contribution in [1.82, 2.24) is 5.32 Å². The maximum absolute atomic E-state index is 5.12. The van der Waals surface area contributed by atoms with Crippen LogP contribution in [-0.4, -0.2) is 11.7 Å². The van der Waals surface area contributed by atoms with Gasteiger partial charge in [-0.15, -0.1) is 0 Å². The summed E-state index contributed by atoms with van der Waals surface area (Å²) in [4.78, 5) is 0. The van der Waals surface area contributed by atoms with Crippen molar-refractivity contribution in [2.45, 2.75) is 20.3 Å². The smallest absolute Gasteiger partial charge is 0.170 e. The first-order valence-electron chi connectivity index (χ1n) is 4.84. The molecule has 1 rings (SSSR count). The van der Waals surface area contributed by atoms with Gasteiger partial charge in [-0.1, -0.05) is 19.1 Å². The van der Waals surface area contributed by atoms with Crippen LogP contribution in [0.25, 0.3) is 0 Å². The van der Waals surface area contributed by atoms with Crippen LogP contribution in [0.1, 0.15) is 18.9 Å². The van der Waals surface area contributed by atoms with Crippen molar-refractivity contribution in [3.05, 3.63) is 29.8 Å². The Hall–Kier alpha value is -1.09. The summed E-state index contributed by atoms with van der Waals surface area (Å²) in [5.74, 6) is 0. The van der Waals surface area contributed by atoms with E-state index in [0.29, 0.717) is 5.11 Å². The van der Waals surface area contributed by atoms with Crippen LogP contribution in [0.15, 0.2) is 24.3 Å². The molecule has 0 aliphatic rings. The molecular formula is C11H16N2S. The number of thiocarbonyl (C=S) groups is 1. The summed E-state index contributed by atoms with van der Waals surface area (Å²) < 4.78 is 0. The van der Waals surface area contributed by atoms with Crippen LogP contribution in [0, 0.1) is 6.92 Å². The zero-order valence-electron chi connectivity index (χ0n) is 8.63. The number of hydrogen-bond acceptors (Lipinski definition) is 1. The van der Waals surface area contributed by atoms with Gasteiger partial charge in [0.15, 0.2) is 5.11 Å². The fraction of sp³-hybridized carbons (Fsp3) is 0.364. The third kappa shape index (κ3) is 3.75. The predicted molar refractivity (Wildman–Crippen MR) is 65.7 cm³/mol. The van der Waals surface area contributed by atoms with Crippen molar-refractivity contribution in [2.75, 3.05) is 11.9 Å². The number of aryl methyl sites for hydroxylation is 1. The first-order chi connectivity index (χ1) is 6.72. The van der Waals surface area contributed by atoms with Crippen LogP contribution in [0.5, 0.6) is 0 Å². The molecule has 1 aromatic carbocycles. The SMILES string of the molecule is CCCNC(=S)Nc1cccc(C)c1. The quantitative estimate of drug-likeness (QED) is 0.747. The molecule has 0 atom stereocenters. The lowest BCUT2D eigenvalue weighted by Crippen LogP contribution is -2.28. The lowest BCUT2D eigenvalue weighted by atomic mass is 10.2. The molecule has 3 heteroatoms. The number of benzene rings is 1. The molecule has 0 saturated heterocycles. The first-order valence-corrected chi connectivity index (χ1v) is 5.24. The van der Waals surface area contributed by atoms with Gasteiger partial charge in [0.2, 0.25) is 0 Å². The van der Waals surface area contributed by atoms with Gasteiger partial charge >= 0.3 is 0 Å². The highest BCUT2D eigenvalue weighted by molar-refractivity contribution is 7.80. The molecule has 2 nitrogen and oxygen atoms in total. The Labute approximate surface area is 90.7 Å². The summed E-state index contributed by atoms with van der Waals surface area (Å²) >= 11 is 5.12. The van der Waals surface area contributed by atoms with Crippen molar-refractivity contribution in [3.8, 4) is 0 Å². The van der Waals surface area contributed by atoms with Crippen molar-refractivity contribution in [1.29, 1.82) is 0 Å². The van der Waals surface area contributed by atoms with Gasteiger partial charge in [-0.25, -0.2) is 0 Å². The van der Waals surface area contributed by atoms with E-state index in [4.69, 9.17) is 12.2 Å². The molecule has 0 aliphatic carbocycles. The Kier molecular flexibility index (Phi) is 4.40. The Morgan fingerprint density at radius 3 is 2.86 bits per heavy atom. The van der Waals surface area contributed by atoms with Gasteiger partial charge in [-0.05, 0) is 43.3 Å². The minimum Gasteiger partial charge on any atom is -0.362 e. The molecule has 0 spiro atoms. The lowest BCUT2D eigenvalue weighted by Gasteiger charge is -2.09. The van der Waals surface area contributed by atoms with Crippen LogP contribution in [0.4, 0.5) is 5.69 Å². The minimum absolute atomic E-state index is 0.692. The maximum atomic E-state index is 5.12. The van der Waals surface area contributed by atoms with Crippen molar-refractivity contribution in [3.63, 3.8) is 0 Å². The Balaban J connectivity index is 2.47. The van der Waals surface area contributed by atoms with E-state index >= 15 is 0 Å². The van der Waals surface area contributed by atoms with E-state index in [9.17, 15) is 0 Å². The summed E-state index contributed by atoms with van der Waals surface area (Å²) in [6, 6.07) is 8.15. The third-order valence-electron chi connectivity index (χ3n) is 1.81. The standard InChI is InChI=1S/C11H16N2S/c1-3-7-12-11(14)13-10-6-4-5-9(2)8-10/h4-6,8H,3,7H2,1-2H3,(H2,12,13,14). The van der Waals surface area contributed by atoms with Gasteiger partial charge in [-0.3, -0.25) is 0 Å². The molecule has 14 heavy (non-hydrogen) atoms. The van der Waals surface area contributed by atoms with Crippen LogP contribution >= 0.6 is 12.2 Å². The zero-order valence-corrected chi connectivity index (χ0v) is 9.45. The van der Waals surface area contributed by atoms with E-state index in [1.807, 2.05) is 12.1 Å². The first kappa shape index (κ1) is 11.0. The molecule has 0 heterocycles. The monoisotopic (exact) mass is 208 g/mol. The summed E-state index contributed by atoms with van der Waals surface area (Å²) in [5, 5.41) is 6.95. The number of nitrogens with one attached hydrogen (secondary N) is 2. The topological polar surface area (TPSA) is 24.1 Å². The highest BCUT2D eigenvalue weighted by atomic mass is 32.1. The molecule has 0 unspecified atom stereocenters. The van der Waals surface area contributed by atoms with E-state index in [-0.39, 0.29) is 0 Å². The van der Waals surface area contributed by atoms with E-state index < -0.39 is 0 Å². The fourth-order valence-electron chi connectivity index (χ4n) is 1.14. The number of rotatable bonds is 3. The highest BCUT2D eigenvalue weighted by Crippen LogP contribution is 2.08. The second-order valence-electron chi connectivity index (χ2n) is 3.25. The van der Waals surface area contributed by atoms with Gasteiger partial charge in [0, 0.05) is 12.2 Å². The van der Waals surface area contributed by atoms with E-state index in [1.54, 1.807) is 0 Å². The largest absolute Gasteiger partial charge is 0.362 e. The molecule has 2 N–H and O–H groups in total. The average Bonchev–Trinajstić information content (AvgIpc) is 2.15. The van der Waals surface area contributed by atoms with Crippen LogP contribution in [0.2, 0.25) is 0 Å². The van der Waals surface area contributed by atoms with Crippen molar-refractivity contribution in [2.24, 2.45) is 0 Å². The minimum atomic E-state index is 0.692. The number of hydrogen-bond donors (Lipinski definition) is 2. The summed E-state index contributed by atoms with van der Waals surface area (Å²) in [5.41, 5.74) is 2.27. The fourth-order valence-corrected chi connectivity index (χ4v) is 1.36. The summed E-state index contributed by atoms with van der Waals surface area (Å²) in [7, 11) is 0.